The molecule has 6 nitrogen and oxygen atoms in total. The highest BCUT2D eigenvalue weighted by Gasteiger charge is 2.40. The maximum absolute atomic E-state index is 12.1. The highest BCUT2D eigenvalue weighted by Crippen LogP contribution is 2.30. The summed E-state index contributed by atoms with van der Waals surface area (Å²) in [6.07, 6.45) is 0. The summed E-state index contributed by atoms with van der Waals surface area (Å²) in [5.41, 5.74) is -0.0704. The van der Waals surface area contributed by atoms with Crippen LogP contribution in [0, 0.1) is 0 Å². The second-order valence-electron chi connectivity index (χ2n) is 3.86. The first-order valence-electron chi connectivity index (χ1n) is 5.12. The Morgan fingerprint density at radius 2 is 2.06 bits per heavy atom. The van der Waals surface area contributed by atoms with Gasteiger partial charge in [-0.3, -0.25) is 9.59 Å². The maximum atomic E-state index is 12.1. The van der Waals surface area contributed by atoms with Gasteiger partial charge in [0.1, 0.15) is 11.8 Å². The smallest absolute Gasteiger partial charge is 0.242 e. The number of ketones is 2. The zero-order chi connectivity index (χ0) is 13.5. The molecule has 0 amide bonds. The number of Topliss-reactive ketones (excluding diaryl/α,β-unsaturated/α-hetero) is 2. The summed E-state index contributed by atoms with van der Waals surface area (Å²) in [5, 5.41) is 0. The number of methoxy groups -OCH3 is 1. The number of hydrogen-bond acceptors (Lipinski definition) is 5. The van der Waals surface area contributed by atoms with E-state index in [2.05, 4.69) is 4.72 Å². The van der Waals surface area contributed by atoms with Crippen LogP contribution in [0.3, 0.4) is 0 Å². The largest absolute Gasteiger partial charge is 0.496 e. The Kier molecular flexibility index (Phi) is 2.95. The third-order valence-corrected chi connectivity index (χ3v) is 4.15. The van der Waals surface area contributed by atoms with E-state index in [4.69, 9.17) is 4.74 Å². The van der Waals surface area contributed by atoms with E-state index in [1.807, 2.05) is 0 Å². The van der Waals surface area contributed by atoms with E-state index < -0.39 is 27.6 Å². The predicted octanol–water partition coefficient (Wildman–Crippen LogP) is 0.127. The number of benzene rings is 1. The molecule has 2 rings (SSSR count). The number of sulfonamides is 1. The number of carbonyl (C=O) groups is 2. The van der Waals surface area contributed by atoms with Gasteiger partial charge in [0.05, 0.1) is 17.6 Å². The van der Waals surface area contributed by atoms with Crippen molar-refractivity contribution in [2.24, 2.45) is 0 Å². The van der Waals surface area contributed by atoms with Crippen LogP contribution in [0.25, 0.3) is 0 Å². The summed E-state index contributed by atoms with van der Waals surface area (Å²) < 4.78 is 30.9. The van der Waals surface area contributed by atoms with Crippen LogP contribution in [0.2, 0.25) is 0 Å². The van der Waals surface area contributed by atoms with Gasteiger partial charge in [-0.2, -0.15) is 4.72 Å². The second-order valence-corrected chi connectivity index (χ2v) is 5.55. The molecular formula is C11H11NO5S. The molecule has 1 aliphatic rings. The van der Waals surface area contributed by atoms with Gasteiger partial charge < -0.3 is 4.74 Å². The summed E-state index contributed by atoms with van der Waals surface area (Å²) in [5.74, 6) is -1.00. The van der Waals surface area contributed by atoms with E-state index in [1.165, 1.54) is 25.3 Å². The second kappa shape index (κ2) is 4.18. The monoisotopic (exact) mass is 269 g/mol. The van der Waals surface area contributed by atoms with Crippen molar-refractivity contribution in [2.45, 2.75) is 17.9 Å². The number of carbonyl (C=O) groups excluding carboxylic acids is 2. The van der Waals surface area contributed by atoms with E-state index in [0.29, 0.717) is 0 Å². The summed E-state index contributed by atoms with van der Waals surface area (Å²) in [6.45, 7) is 1.16. The van der Waals surface area contributed by atoms with Crippen LogP contribution >= 0.6 is 0 Å². The average Bonchev–Trinajstić information content (AvgIpc) is 2.32. The van der Waals surface area contributed by atoms with Crippen LogP contribution in [0.1, 0.15) is 17.3 Å². The SMILES string of the molecule is COc1cccc2c1C(=O)C(C(C)=O)NS2(=O)=O. The lowest BCUT2D eigenvalue weighted by molar-refractivity contribution is -0.117. The lowest BCUT2D eigenvalue weighted by atomic mass is 10.0. The number of hydrogen-bond donors (Lipinski definition) is 1. The predicted molar refractivity (Wildman–Crippen MR) is 62.1 cm³/mol. The molecule has 1 aromatic rings. The Morgan fingerprint density at radius 3 is 2.61 bits per heavy atom. The molecule has 0 saturated carbocycles. The van der Waals surface area contributed by atoms with Gasteiger partial charge in [0.2, 0.25) is 10.0 Å². The minimum absolute atomic E-state index is 0.0704. The zero-order valence-corrected chi connectivity index (χ0v) is 10.6. The Bertz CT molecular complexity index is 635. The minimum Gasteiger partial charge on any atom is -0.496 e. The van der Waals surface area contributed by atoms with Crippen LogP contribution in [-0.4, -0.2) is 33.1 Å². The highest BCUT2D eigenvalue weighted by atomic mass is 32.2. The van der Waals surface area contributed by atoms with Crippen LogP contribution < -0.4 is 9.46 Å². The lowest BCUT2D eigenvalue weighted by Crippen LogP contribution is -2.49. The van der Waals surface area contributed by atoms with Gasteiger partial charge in [0.15, 0.2) is 11.6 Å². The Balaban J connectivity index is 2.75. The molecule has 0 aromatic heterocycles. The molecule has 0 aliphatic carbocycles. The molecule has 0 saturated heterocycles. The number of nitrogens with one attached hydrogen (secondary N) is 1. The molecule has 96 valence electrons. The van der Waals surface area contributed by atoms with Crippen LogP contribution in [-0.2, 0) is 14.8 Å². The number of ether oxygens (including phenoxy) is 1. The van der Waals surface area contributed by atoms with Crippen molar-refractivity contribution in [3.05, 3.63) is 23.8 Å². The summed E-state index contributed by atoms with van der Waals surface area (Å²) in [6, 6.07) is 2.88. The summed E-state index contributed by atoms with van der Waals surface area (Å²) >= 11 is 0. The molecule has 1 heterocycles. The Morgan fingerprint density at radius 1 is 1.39 bits per heavy atom. The van der Waals surface area contributed by atoms with Gasteiger partial charge in [-0.15, -0.1) is 0 Å². The van der Waals surface area contributed by atoms with Crippen LogP contribution in [0.4, 0.5) is 0 Å². The van der Waals surface area contributed by atoms with Gasteiger partial charge in [0.25, 0.3) is 0 Å². The molecule has 0 bridgehead atoms. The molecule has 1 N–H and O–H groups in total. The van der Waals surface area contributed by atoms with Gasteiger partial charge in [-0.05, 0) is 19.1 Å². The molecule has 0 radical (unpaired) electrons. The molecular weight excluding hydrogens is 258 g/mol. The van der Waals surface area contributed by atoms with E-state index in [1.54, 1.807) is 0 Å². The third kappa shape index (κ3) is 1.81. The van der Waals surface area contributed by atoms with Crippen molar-refractivity contribution in [3.63, 3.8) is 0 Å². The summed E-state index contributed by atoms with van der Waals surface area (Å²) in [4.78, 5) is 23.3. The zero-order valence-electron chi connectivity index (χ0n) is 9.76. The van der Waals surface area contributed by atoms with E-state index in [0.717, 1.165) is 6.92 Å². The molecule has 18 heavy (non-hydrogen) atoms. The molecule has 7 heteroatoms. The van der Waals surface area contributed by atoms with E-state index in [9.17, 15) is 18.0 Å². The third-order valence-electron chi connectivity index (χ3n) is 2.69. The lowest BCUT2D eigenvalue weighted by Gasteiger charge is -2.24. The van der Waals surface area contributed by atoms with Crippen molar-refractivity contribution < 1.29 is 22.7 Å². The molecule has 1 aromatic carbocycles. The maximum Gasteiger partial charge on any atom is 0.242 e. The Labute approximate surface area is 104 Å². The van der Waals surface area contributed by atoms with Crippen LogP contribution in [0.15, 0.2) is 23.1 Å². The van der Waals surface area contributed by atoms with Crippen molar-refractivity contribution in [1.29, 1.82) is 0 Å². The van der Waals surface area contributed by atoms with E-state index >= 15 is 0 Å². The first-order valence-corrected chi connectivity index (χ1v) is 6.61. The number of rotatable bonds is 2. The molecule has 0 fully saturated rings. The number of fused-ring (bicyclic) bond motifs is 1. The summed E-state index contributed by atoms with van der Waals surface area (Å²) in [7, 11) is -2.54. The van der Waals surface area contributed by atoms with Crippen molar-refractivity contribution in [3.8, 4) is 5.75 Å². The molecule has 1 unspecified atom stereocenters. The molecule has 1 atom stereocenters. The van der Waals surface area contributed by atoms with Gasteiger partial charge in [-0.25, -0.2) is 8.42 Å². The van der Waals surface area contributed by atoms with Gasteiger partial charge >= 0.3 is 0 Å². The fraction of sp³-hybridized carbons (Fsp3) is 0.273. The fourth-order valence-corrected chi connectivity index (χ4v) is 3.27. The van der Waals surface area contributed by atoms with Crippen molar-refractivity contribution in [1.82, 2.24) is 4.72 Å². The average molecular weight is 269 g/mol. The Hall–Kier alpha value is -1.73. The first kappa shape index (κ1) is 12.7. The van der Waals surface area contributed by atoms with Crippen molar-refractivity contribution >= 4 is 21.6 Å². The normalized spacial score (nSPS) is 21.2. The fourth-order valence-electron chi connectivity index (χ4n) is 1.83. The van der Waals surface area contributed by atoms with Crippen molar-refractivity contribution in [2.75, 3.05) is 7.11 Å². The van der Waals surface area contributed by atoms with Crippen LogP contribution in [0.5, 0.6) is 5.75 Å². The van der Waals surface area contributed by atoms with Gasteiger partial charge in [-0.1, -0.05) is 6.07 Å². The molecule has 1 aliphatic heterocycles. The highest BCUT2D eigenvalue weighted by molar-refractivity contribution is 7.89. The first-order chi connectivity index (χ1) is 8.38. The van der Waals surface area contributed by atoms with E-state index in [-0.39, 0.29) is 16.2 Å². The van der Waals surface area contributed by atoms with Gasteiger partial charge in [0, 0.05) is 0 Å². The minimum atomic E-state index is -3.87. The molecule has 0 spiro atoms. The standard InChI is InChI=1S/C11H11NO5S/c1-6(13)10-11(14)9-7(17-2)4-3-5-8(9)18(15,16)12-10/h3-5,10,12H,1-2H3. The topological polar surface area (TPSA) is 89.5 Å². The quantitative estimate of drug-likeness (QED) is 0.771.